The van der Waals surface area contributed by atoms with E-state index in [9.17, 15) is 13.6 Å². The summed E-state index contributed by atoms with van der Waals surface area (Å²) in [5.41, 5.74) is 2.38. The SMILES string of the molecule is CC(C)(C)c1ccc(NC(=O)NCc2ccc(F)c(F)c2)cc1. The van der Waals surface area contributed by atoms with Gasteiger partial charge in [-0.1, -0.05) is 39.0 Å². The number of benzene rings is 2. The Bertz CT molecular complexity index is 691. The average molecular weight is 318 g/mol. The van der Waals surface area contributed by atoms with Gasteiger partial charge in [-0.15, -0.1) is 0 Å². The largest absolute Gasteiger partial charge is 0.334 e. The summed E-state index contributed by atoms with van der Waals surface area (Å²) in [6.45, 7) is 6.46. The van der Waals surface area contributed by atoms with Crippen molar-refractivity contribution in [2.24, 2.45) is 0 Å². The third-order valence-corrected chi connectivity index (χ3v) is 3.45. The summed E-state index contributed by atoms with van der Waals surface area (Å²) < 4.78 is 25.9. The van der Waals surface area contributed by atoms with Gasteiger partial charge in [0.1, 0.15) is 0 Å². The van der Waals surface area contributed by atoms with E-state index in [1.54, 1.807) is 0 Å². The summed E-state index contributed by atoms with van der Waals surface area (Å²) >= 11 is 0. The summed E-state index contributed by atoms with van der Waals surface area (Å²) in [6.07, 6.45) is 0. The Labute approximate surface area is 134 Å². The van der Waals surface area contributed by atoms with Gasteiger partial charge in [0.25, 0.3) is 0 Å². The molecule has 0 aliphatic heterocycles. The molecule has 23 heavy (non-hydrogen) atoms. The lowest BCUT2D eigenvalue weighted by Crippen LogP contribution is -2.28. The number of nitrogens with one attached hydrogen (secondary N) is 2. The first-order chi connectivity index (χ1) is 10.8. The zero-order chi connectivity index (χ0) is 17.0. The maximum absolute atomic E-state index is 13.1. The Hall–Kier alpha value is -2.43. The van der Waals surface area contributed by atoms with Gasteiger partial charge in [0.2, 0.25) is 0 Å². The van der Waals surface area contributed by atoms with Gasteiger partial charge >= 0.3 is 6.03 Å². The number of hydrogen-bond acceptors (Lipinski definition) is 1. The standard InChI is InChI=1S/C18H20F2N2O/c1-18(2,3)13-5-7-14(8-6-13)22-17(23)21-11-12-4-9-15(19)16(20)10-12/h4-10H,11H2,1-3H3,(H2,21,22,23). The molecule has 2 aromatic carbocycles. The van der Waals surface area contributed by atoms with E-state index in [1.165, 1.54) is 11.6 Å². The third-order valence-electron chi connectivity index (χ3n) is 3.45. The van der Waals surface area contributed by atoms with E-state index >= 15 is 0 Å². The Morgan fingerprint density at radius 1 is 1.00 bits per heavy atom. The van der Waals surface area contributed by atoms with Gasteiger partial charge in [-0.3, -0.25) is 0 Å². The maximum atomic E-state index is 13.1. The van der Waals surface area contributed by atoms with Crippen LogP contribution in [-0.2, 0) is 12.0 Å². The molecule has 0 aliphatic carbocycles. The van der Waals surface area contributed by atoms with Crippen LogP contribution in [0.3, 0.4) is 0 Å². The van der Waals surface area contributed by atoms with Gasteiger partial charge in [0, 0.05) is 12.2 Å². The van der Waals surface area contributed by atoms with E-state index in [4.69, 9.17) is 0 Å². The number of carbonyl (C=O) groups is 1. The normalized spacial score (nSPS) is 11.2. The first-order valence-electron chi connectivity index (χ1n) is 7.35. The minimum atomic E-state index is -0.928. The van der Waals surface area contributed by atoms with E-state index in [2.05, 4.69) is 31.4 Å². The Morgan fingerprint density at radius 2 is 1.65 bits per heavy atom. The lowest BCUT2D eigenvalue weighted by Gasteiger charge is -2.19. The van der Waals surface area contributed by atoms with Crippen LogP contribution in [0.4, 0.5) is 19.3 Å². The van der Waals surface area contributed by atoms with Crippen LogP contribution in [0, 0.1) is 11.6 Å². The Kier molecular flexibility index (Phi) is 4.98. The maximum Gasteiger partial charge on any atom is 0.319 e. The van der Waals surface area contributed by atoms with Gasteiger partial charge in [-0.25, -0.2) is 13.6 Å². The van der Waals surface area contributed by atoms with Gasteiger partial charge in [-0.05, 0) is 40.8 Å². The summed E-state index contributed by atoms with van der Waals surface area (Å²) in [5.74, 6) is -1.83. The molecule has 0 spiro atoms. The lowest BCUT2D eigenvalue weighted by atomic mass is 9.87. The summed E-state index contributed by atoms with van der Waals surface area (Å²) in [4.78, 5) is 11.8. The Morgan fingerprint density at radius 3 is 2.22 bits per heavy atom. The van der Waals surface area contributed by atoms with Crippen molar-refractivity contribution < 1.29 is 13.6 Å². The molecule has 0 bridgehead atoms. The van der Waals surface area contributed by atoms with Crippen LogP contribution >= 0.6 is 0 Å². The predicted molar refractivity (Wildman–Crippen MR) is 87.4 cm³/mol. The van der Waals surface area contributed by atoms with Crippen LogP contribution in [0.1, 0.15) is 31.9 Å². The van der Waals surface area contributed by atoms with Crippen molar-refractivity contribution in [2.75, 3.05) is 5.32 Å². The number of rotatable bonds is 3. The zero-order valence-corrected chi connectivity index (χ0v) is 13.4. The second kappa shape index (κ2) is 6.77. The molecule has 2 rings (SSSR count). The first kappa shape index (κ1) is 16.9. The molecule has 0 aromatic heterocycles. The number of halogens is 2. The molecular formula is C18H20F2N2O. The van der Waals surface area contributed by atoms with E-state index in [0.29, 0.717) is 11.3 Å². The summed E-state index contributed by atoms with van der Waals surface area (Å²) in [6, 6.07) is 10.7. The molecular weight excluding hydrogens is 298 g/mol. The molecule has 0 unspecified atom stereocenters. The minimum absolute atomic E-state index is 0.0491. The predicted octanol–water partition coefficient (Wildman–Crippen LogP) is 4.58. The highest BCUT2D eigenvalue weighted by atomic mass is 19.2. The van der Waals surface area contributed by atoms with Crippen molar-refractivity contribution >= 4 is 11.7 Å². The third kappa shape index (κ3) is 4.77. The molecule has 0 heterocycles. The van der Waals surface area contributed by atoms with Crippen LogP contribution in [0.5, 0.6) is 0 Å². The van der Waals surface area contributed by atoms with Crippen molar-refractivity contribution in [3.05, 3.63) is 65.2 Å². The average Bonchev–Trinajstić information content (AvgIpc) is 2.48. The molecule has 0 aliphatic rings. The molecule has 0 fully saturated rings. The fourth-order valence-corrected chi connectivity index (χ4v) is 2.06. The number of anilines is 1. The van der Waals surface area contributed by atoms with Crippen LogP contribution in [-0.4, -0.2) is 6.03 Å². The van der Waals surface area contributed by atoms with Crippen LogP contribution in [0.15, 0.2) is 42.5 Å². The number of urea groups is 1. The van der Waals surface area contributed by atoms with E-state index in [0.717, 1.165) is 12.1 Å². The van der Waals surface area contributed by atoms with E-state index < -0.39 is 17.7 Å². The van der Waals surface area contributed by atoms with Crippen LogP contribution < -0.4 is 10.6 Å². The zero-order valence-electron chi connectivity index (χ0n) is 13.4. The fraction of sp³-hybridized carbons (Fsp3) is 0.278. The molecule has 0 atom stereocenters. The highest BCUT2D eigenvalue weighted by molar-refractivity contribution is 5.89. The van der Waals surface area contributed by atoms with Gasteiger partial charge in [0.15, 0.2) is 11.6 Å². The van der Waals surface area contributed by atoms with Crippen LogP contribution in [0.25, 0.3) is 0 Å². The van der Waals surface area contributed by atoms with Crippen molar-refractivity contribution in [1.29, 1.82) is 0 Å². The minimum Gasteiger partial charge on any atom is -0.334 e. The Balaban J connectivity index is 1.90. The number of amides is 2. The molecule has 2 N–H and O–H groups in total. The van der Waals surface area contributed by atoms with Gasteiger partial charge in [-0.2, -0.15) is 0 Å². The molecule has 2 amide bonds. The van der Waals surface area contributed by atoms with Gasteiger partial charge < -0.3 is 10.6 Å². The second-order valence-electron chi connectivity index (χ2n) is 6.38. The van der Waals surface area contributed by atoms with E-state index in [-0.39, 0.29) is 12.0 Å². The summed E-state index contributed by atoms with van der Waals surface area (Å²) in [5, 5.41) is 5.30. The monoisotopic (exact) mass is 318 g/mol. The topological polar surface area (TPSA) is 41.1 Å². The second-order valence-corrected chi connectivity index (χ2v) is 6.38. The molecule has 3 nitrogen and oxygen atoms in total. The van der Waals surface area contributed by atoms with Crippen LogP contribution in [0.2, 0.25) is 0 Å². The molecule has 2 aromatic rings. The molecule has 0 saturated carbocycles. The van der Waals surface area contributed by atoms with Crippen molar-refractivity contribution in [3.8, 4) is 0 Å². The quantitative estimate of drug-likeness (QED) is 0.854. The molecule has 122 valence electrons. The molecule has 0 radical (unpaired) electrons. The first-order valence-corrected chi connectivity index (χ1v) is 7.35. The van der Waals surface area contributed by atoms with E-state index in [1.807, 2.05) is 24.3 Å². The number of hydrogen-bond donors (Lipinski definition) is 2. The smallest absolute Gasteiger partial charge is 0.319 e. The van der Waals surface area contributed by atoms with Crippen molar-refractivity contribution in [2.45, 2.75) is 32.7 Å². The highest BCUT2D eigenvalue weighted by Gasteiger charge is 2.13. The lowest BCUT2D eigenvalue weighted by molar-refractivity contribution is 0.251. The molecule has 5 heteroatoms. The number of carbonyl (C=O) groups excluding carboxylic acids is 1. The fourth-order valence-electron chi connectivity index (χ4n) is 2.06. The summed E-state index contributed by atoms with van der Waals surface area (Å²) in [7, 11) is 0. The highest BCUT2D eigenvalue weighted by Crippen LogP contribution is 2.23. The van der Waals surface area contributed by atoms with Crippen molar-refractivity contribution in [1.82, 2.24) is 5.32 Å². The van der Waals surface area contributed by atoms with Gasteiger partial charge in [0.05, 0.1) is 0 Å². The van der Waals surface area contributed by atoms with Crippen molar-refractivity contribution in [3.63, 3.8) is 0 Å². The molecule has 0 saturated heterocycles.